The summed E-state index contributed by atoms with van der Waals surface area (Å²) in [5.41, 5.74) is -0.0462. The molecule has 1 aliphatic rings. The van der Waals surface area contributed by atoms with Gasteiger partial charge in [-0.2, -0.15) is 5.26 Å². The lowest BCUT2D eigenvalue weighted by atomic mass is 10.0. The Morgan fingerprint density at radius 3 is 2.48 bits per heavy atom. The maximum atomic E-state index is 12.8. The van der Waals surface area contributed by atoms with Gasteiger partial charge in [-0.25, -0.2) is 9.59 Å². The molecule has 0 aliphatic carbocycles. The van der Waals surface area contributed by atoms with Crippen LogP contribution in [0.25, 0.3) is 0 Å². The van der Waals surface area contributed by atoms with Gasteiger partial charge in [0.05, 0.1) is 0 Å². The van der Waals surface area contributed by atoms with E-state index >= 15 is 0 Å². The molecule has 0 amide bonds. The number of esters is 1. The van der Waals surface area contributed by atoms with Gasteiger partial charge in [0.2, 0.25) is 12.0 Å². The first kappa shape index (κ1) is 20.3. The highest BCUT2D eigenvalue weighted by Crippen LogP contribution is 2.23. The SMILES string of the molecule is CCCN/C(=C(/C#N)C(=O)c1ccc(Cl)cc1)N1OC(=O)C(=O)OC1CC. The lowest BCUT2D eigenvalue weighted by Crippen LogP contribution is -2.50. The molecular formula is C18H18ClN3O5. The number of halogens is 1. The molecule has 9 heteroatoms. The van der Waals surface area contributed by atoms with Gasteiger partial charge in [-0.05, 0) is 30.7 Å². The number of hydrogen-bond donors (Lipinski definition) is 1. The standard InChI is InChI=1S/C18H18ClN3O5/c1-3-9-21-16(22-14(4-2)26-17(24)18(25)27-22)13(10-20)15(23)11-5-7-12(19)8-6-11/h5-8,14,21H,3-4,9H2,1-2H3/b16-13+. The number of ether oxygens (including phenoxy) is 1. The summed E-state index contributed by atoms with van der Waals surface area (Å²) in [4.78, 5) is 41.0. The second-order valence-electron chi connectivity index (χ2n) is 5.57. The summed E-state index contributed by atoms with van der Waals surface area (Å²) < 4.78 is 5.02. The van der Waals surface area contributed by atoms with Crippen molar-refractivity contribution in [2.24, 2.45) is 0 Å². The van der Waals surface area contributed by atoms with Crippen molar-refractivity contribution < 1.29 is 24.0 Å². The third-order valence-electron chi connectivity index (χ3n) is 3.65. The molecule has 8 nitrogen and oxygen atoms in total. The van der Waals surface area contributed by atoms with Crippen molar-refractivity contribution in [1.29, 1.82) is 5.26 Å². The zero-order valence-corrected chi connectivity index (χ0v) is 15.6. The van der Waals surface area contributed by atoms with E-state index in [2.05, 4.69) is 5.32 Å². The van der Waals surface area contributed by atoms with Crippen LogP contribution in [0.15, 0.2) is 35.7 Å². The van der Waals surface area contributed by atoms with Gasteiger partial charge < -0.3 is 14.9 Å². The predicted octanol–water partition coefficient (Wildman–Crippen LogP) is 2.31. The number of benzene rings is 1. The number of hydrogen-bond acceptors (Lipinski definition) is 8. The minimum atomic E-state index is -1.23. The Balaban J connectivity index is 2.51. The maximum absolute atomic E-state index is 12.8. The summed E-state index contributed by atoms with van der Waals surface area (Å²) in [6.07, 6.45) is -0.0178. The summed E-state index contributed by atoms with van der Waals surface area (Å²) >= 11 is 5.84. The number of nitrogens with zero attached hydrogens (tertiary/aromatic N) is 2. The molecule has 2 rings (SSSR count). The van der Waals surface area contributed by atoms with E-state index in [1.807, 2.05) is 13.0 Å². The lowest BCUT2D eigenvalue weighted by molar-refractivity contribution is -0.255. The number of carbonyl (C=O) groups is 3. The van der Waals surface area contributed by atoms with Gasteiger partial charge >= 0.3 is 11.9 Å². The van der Waals surface area contributed by atoms with Gasteiger partial charge in [0, 0.05) is 23.6 Å². The fourth-order valence-electron chi connectivity index (χ4n) is 2.32. The summed E-state index contributed by atoms with van der Waals surface area (Å²) in [6.45, 7) is 3.98. The van der Waals surface area contributed by atoms with E-state index in [4.69, 9.17) is 21.2 Å². The van der Waals surface area contributed by atoms with E-state index in [0.717, 1.165) is 5.06 Å². The molecule has 0 saturated carbocycles. The van der Waals surface area contributed by atoms with E-state index in [1.54, 1.807) is 6.92 Å². The van der Waals surface area contributed by atoms with Gasteiger partial charge in [0.1, 0.15) is 11.6 Å². The third kappa shape index (κ3) is 4.57. The first-order chi connectivity index (χ1) is 12.9. The Bertz CT molecular complexity index is 813. The molecular weight excluding hydrogens is 374 g/mol. The van der Waals surface area contributed by atoms with Gasteiger partial charge in [-0.3, -0.25) is 4.79 Å². The van der Waals surface area contributed by atoms with Crippen molar-refractivity contribution in [1.82, 2.24) is 10.4 Å². The van der Waals surface area contributed by atoms with Gasteiger partial charge in [0.25, 0.3) is 0 Å². The van der Waals surface area contributed by atoms with E-state index in [0.29, 0.717) is 18.0 Å². The summed E-state index contributed by atoms with van der Waals surface area (Å²) in [6, 6.07) is 7.88. The number of allylic oxidation sites excluding steroid dienone is 1. The first-order valence-corrected chi connectivity index (χ1v) is 8.71. The Morgan fingerprint density at radius 1 is 1.26 bits per heavy atom. The van der Waals surface area contributed by atoms with E-state index in [1.165, 1.54) is 24.3 Å². The molecule has 1 aromatic carbocycles. The molecule has 27 heavy (non-hydrogen) atoms. The van der Waals surface area contributed by atoms with Crippen LogP contribution in [0.4, 0.5) is 0 Å². The van der Waals surface area contributed by atoms with Crippen molar-refractivity contribution in [3.63, 3.8) is 0 Å². The Hall–Kier alpha value is -3.05. The molecule has 1 heterocycles. The topological polar surface area (TPSA) is 109 Å². The molecule has 1 atom stereocenters. The van der Waals surface area contributed by atoms with Crippen LogP contribution in [0.2, 0.25) is 5.02 Å². The molecule has 1 aromatic rings. The Labute approximate surface area is 161 Å². The maximum Gasteiger partial charge on any atom is 0.441 e. The number of cyclic esters (lactones) is 1. The van der Waals surface area contributed by atoms with Crippen LogP contribution in [0, 0.1) is 11.3 Å². The first-order valence-electron chi connectivity index (χ1n) is 8.33. The second kappa shape index (κ2) is 9.05. The number of hydroxylamine groups is 2. The average molecular weight is 392 g/mol. The molecule has 1 aliphatic heterocycles. The second-order valence-corrected chi connectivity index (χ2v) is 6.01. The van der Waals surface area contributed by atoms with Crippen molar-refractivity contribution in [3.05, 3.63) is 46.2 Å². The van der Waals surface area contributed by atoms with Gasteiger partial charge in [-0.15, -0.1) is 5.06 Å². The predicted molar refractivity (Wildman–Crippen MR) is 94.8 cm³/mol. The number of rotatable bonds is 7. The highest BCUT2D eigenvalue weighted by atomic mass is 35.5. The number of carbonyl (C=O) groups excluding carboxylic acids is 3. The highest BCUT2D eigenvalue weighted by molar-refractivity contribution is 6.31. The lowest BCUT2D eigenvalue weighted by Gasteiger charge is -2.35. The van der Waals surface area contributed by atoms with E-state index in [-0.39, 0.29) is 23.4 Å². The zero-order chi connectivity index (χ0) is 20.0. The molecule has 1 unspecified atom stereocenters. The number of nitrogens with one attached hydrogen (secondary N) is 1. The fourth-order valence-corrected chi connectivity index (χ4v) is 2.45. The van der Waals surface area contributed by atoms with Crippen LogP contribution in [0.3, 0.4) is 0 Å². The molecule has 1 saturated heterocycles. The van der Waals surface area contributed by atoms with Crippen LogP contribution < -0.4 is 5.32 Å². The Morgan fingerprint density at radius 2 is 1.93 bits per heavy atom. The molecule has 1 N–H and O–H groups in total. The van der Waals surface area contributed by atoms with Gasteiger partial charge in [0.15, 0.2) is 5.82 Å². The monoisotopic (exact) mass is 391 g/mol. The minimum Gasteiger partial charge on any atom is -0.430 e. The molecule has 0 radical (unpaired) electrons. The largest absolute Gasteiger partial charge is 0.441 e. The number of ketones is 1. The van der Waals surface area contributed by atoms with Gasteiger partial charge in [-0.1, -0.05) is 25.4 Å². The van der Waals surface area contributed by atoms with Crippen LogP contribution in [0.1, 0.15) is 37.0 Å². The zero-order valence-electron chi connectivity index (χ0n) is 14.8. The molecule has 0 aromatic heterocycles. The third-order valence-corrected chi connectivity index (χ3v) is 3.90. The Kier molecular flexibility index (Phi) is 6.79. The number of Topliss-reactive ketones (excluding diaryl/α,β-unsaturated/α-hetero) is 1. The van der Waals surface area contributed by atoms with Crippen LogP contribution >= 0.6 is 11.6 Å². The summed E-state index contributed by atoms with van der Waals surface area (Å²) in [5.74, 6) is -2.98. The summed E-state index contributed by atoms with van der Waals surface area (Å²) in [5, 5.41) is 13.9. The van der Waals surface area contributed by atoms with Crippen molar-refractivity contribution in [2.75, 3.05) is 6.54 Å². The average Bonchev–Trinajstić information content (AvgIpc) is 2.67. The van der Waals surface area contributed by atoms with Crippen LogP contribution in [-0.2, 0) is 19.2 Å². The normalized spacial score (nSPS) is 17.4. The van der Waals surface area contributed by atoms with E-state index in [9.17, 15) is 19.6 Å². The quantitative estimate of drug-likeness (QED) is 0.248. The molecule has 142 valence electrons. The van der Waals surface area contributed by atoms with Crippen molar-refractivity contribution in [3.8, 4) is 6.07 Å². The highest BCUT2D eigenvalue weighted by Gasteiger charge is 2.39. The van der Waals surface area contributed by atoms with Crippen LogP contribution in [-0.4, -0.2) is 35.6 Å². The minimum absolute atomic E-state index is 0.0352. The number of nitriles is 1. The van der Waals surface area contributed by atoms with Crippen LogP contribution in [0.5, 0.6) is 0 Å². The molecule has 1 fully saturated rings. The summed E-state index contributed by atoms with van der Waals surface area (Å²) in [7, 11) is 0. The molecule has 0 bridgehead atoms. The van der Waals surface area contributed by atoms with Crippen molar-refractivity contribution in [2.45, 2.75) is 32.9 Å². The smallest absolute Gasteiger partial charge is 0.430 e. The molecule has 0 spiro atoms. The van der Waals surface area contributed by atoms with E-state index < -0.39 is 23.9 Å². The van der Waals surface area contributed by atoms with Crippen molar-refractivity contribution >= 4 is 29.3 Å². The fraction of sp³-hybridized carbons (Fsp3) is 0.333.